The van der Waals surface area contributed by atoms with Gasteiger partial charge in [0, 0.05) is 0 Å². The fourth-order valence-corrected chi connectivity index (χ4v) is 0.515. The van der Waals surface area contributed by atoms with Crippen LogP contribution in [0.1, 0.15) is 0 Å². The van der Waals surface area contributed by atoms with Crippen molar-refractivity contribution in [3.63, 3.8) is 0 Å². The molecule has 0 bridgehead atoms. The van der Waals surface area contributed by atoms with Gasteiger partial charge in [-0.1, -0.05) is 0 Å². The van der Waals surface area contributed by atoms with E-state index >= 15 is 0 Å². The van der Waals surface area contributed by atoms with Gasteiger partial charge in [-0.15, -0.1) is 0 Å². The predicted molar refractivity (Wildman–Crippen MR) is 28.2 cm³/mol. The normalized spacial score (nSPS) is 9.80. The monoisotopic (exact) mass is 190 g/mol. The molecule has 0 atom stereocenters. The molecule has 60 valence electrons. The molecule has 0 aliphatic rings. The van der Waals surface area contributed by atoms with E-state index in [4.69, 9.17) is 0 Å². The van der Waals surface area contributed by atoms with Gasteiger partial charge in [-0.3, -0.25) is 0 Å². The minimum Gasteiger partial charge on any atom is -0.313 e. The van der Waals surface area contributed by atoms with Crippen molar-refractivity contribution in [2.75, 3.05) is 0 Å². The number of hydrogen-bond acceptors (Lipinski definition) is 7. The molecule has 0 saturated heterocycles. The summed E-state index contributed by atoms with van der Waals surface area (Å²) in [7, 11) is -6.82. The molecule has 0 unspecified atom stereocenters. The van der Waals surface area contributed by atoms with Gasteiger partial charge in [0.15, 0.2) is 0 Å². The zero-order valence-electron chi connectivity index (χ0n) is 4.25. The van der Waals surface area contributed by atoms with Crippen LogP contribution in [-0.2, 0) is 30.3 Å². The molecule has 0 aliphatic heterocycles. The second-order valence-corrected chi connectivity index (χ2v) is 2.14. The van der Waals surface area contributed by atoms with Crippen LogP contribution in [0.15, 0.2) is 0 Å². The van der Waals surface area contributed by atoms with Gasteiger partial charge in [-0.25, -0.2) is 4.79 Å². The lowest BCUT2D eigenvalue weighted by Crippen LogP contribution is -2.04. The Balaban J connectivity index is 3.88. The molecule has 0 N–H and O–H groups in total. The van der Waals surface area contributed by atoms with Crippen molar-refractivity contribution in [3.8, 4) is 0 Å². The molecule has 0 saturated carbocycles. The van der Waals surface area contributed by atoms with E-state index in [0.717, 1.165) is 0 Å². The van der Waals surface area contributed by atoms with E-state index in [0.29, 0.717) is 0 Å². The Kier molecular flexibility index (Phi) is 3.72. The Morgan fingerprint density at radius 2 is 1.20 bits per heavy atom. The lowest BCUT2D eigenvalue weighted by atomic mass is 11.5. The Morgan fingerprint density at radius 1 is 0.900 bits per heavy atom. The molecule has 7 nitrogen and oxygen atoms in total. The molecule has 9 heteroatoms. The highest BCUT2D eigenvalue weighted by molar-refractivity contribution is 7.68. The zero-order valence-corrected chi connectivity index (χ0v) is 6.04. The first-order chi connectivity index (χ1) is 4.52. The average Bonchev–Trinajstić information content (AvgIpc) is 1.58. The van der Waals surface area contributed by atoms with Gasteiger partial charge in [0.25, 0.3) is 0 Å². The Morgan fingerprint density at radius 3 is 1.40 bits per heavy atom. The van der Waals surface area contributed by atoms with Crippen LogP contribution in [-0.4, -0.2) is 23.0 Å². The van der Waals surface area contributed by atoms with E-state index in [1.165, 1.54) is 0 Å². The minimum atomic E-state index is -3.41. The fourth-order valence-electron chi connectivity index (χ4n) is 0.138. The summed E-state index contributed by atoms with van der Waals surface area (Å²) in [4.78, 5) is 9.85. The molecule has 0 aromatic heterocycles. The highest BCUT2D eigenvalue weighted by atomic mass is 32.2. The van der Waals surface area contributed by atoms with Gasteiger partial charge in [0.2, 0.25) is 0 Å². The standard InChI is InChI=1S/CH2O7S2/c2-1(7-9(3)4)8-10(5)6/h9-10H. The van der Waals surface area contributed by atoms with Crippen LogP contribution in [0.5, 0.6) is 0 Å². The maximum atomic E-state index is 9.85. The van der Waals surface area contributed by atoms with Gasteiger partial charge < -0.3 is 8.37 Å². The van der Waals surface area contributed by atoms with Crippen molar-refractivity contribution >= 4 is 28.1 Å². The first-order valence-corrected chi connectivity index (χ1v) is 3.90. The molecule has 0 fully saturated rings. The molecular weight excluding hydrogens is 188 g/mol. The third-order valence-electron chi connectivity index (χ3n) is 0.298. The lowest BCUT2D eigenvalue weighted by molar-refractivity contribution is 0.161. The summed E-state index contributed by atoms with van der Waals surface area (Å²) in [5.74, 6) is 0. The average molecular weight is 190 g/mol. The molecule has 0 amide bonds. The molecule has 0 aromatic rings. The van der Waals surface area contributed by atoms with E-state index in [2.05, 4.69) is 8.37 Å². The highest BCUT2D eigenvalue weighted by Crippen LogP contribution is 1.83. The maximum Gasteiger partial charge on any atom is 0.540 e. The molecule has 0 heterocycles. The van der Waals surface area contributed by atoms with Crippen LogP contribution < -0.4 is 0 Å². The number of thiol groups is 2. The van der Waals surface area contributed by atoms with E-state index in [9.17, 15) is 21.6 Å². The van der Waals surface area contributed by atoms with E-state index in [1.54, 1.807) is 0 Å². The zero-order chi connectivity index (χ0) is 8.15. The van der Waals surface area contributed by atoms with Gasteiger partial charge in [-0.2, -0.15) is 16.8 Å². The van der Waals surface area contributed by atoms with Crippen LogP contribution >= 0.6 is 0 Å². The second-order valence-electron chi connectivity index (χ2n) is 0.880. The molecule has 0 radical (unpaired) electrons. The Bertz CT molecular complexity index is 215. The summed E-state index contributed by atoms with van der Waals surface area (Å²) in [5.41, 5.74) is 0. The summed E-state index contributed by atoms with van der Waals surface area (Å²) in [6.07, 6.45) is -1.78. The maximum absolute atomic E-state index is 9.85. The third kappa shape index (κ3) is 5.31. The summed E-state index contributed by atoms with van der Waals surface area (Å²) in [5, 5.41) is 0. The lowest BCUT2D eigenvalue weighted by Gasteiger charge is -1.88. The SMILES string of the molecule is O=C(O[SH](=O)=O)O[SH](=O)=O. The highest BCUT2D eigenvalue weighted by Gasteiger charge is 2.04. The molecule has 0 rings (SSSR count). The van der Waals surface area contributed by atoms with Crippen molar-refractivity contribution < 1.29 is 30.0 Å². The van der Waals surface area contributed by atoms with Crippen LogP contribution in [0.4, 0.5) is 4.79 Å². The van der Waals surface area contributed by atoms with Crippen molar-refractivity contribution in [3.05, 3.63) is 0 Å². The van der Waals surface area contributed by atoms with Gasteiger partial charge in [0.05, 0.1) is 0 Å². The van der Waals surface area contributed by atoms with E-state index in [1.807, 2.05) is 0 Å². The quantitative estimate of drug-likeness (QED) is 0.494. The number of carbonyl (C=O) groups is 1. The number of hydrogen-bond donors (Lipinski definition) is 2. The Hall–Kier alpha value is -0.830. The first-order valence-electron chi connectivity index (χ1n) is 1.71. The first kappa shape index (κ1) is 9.17. The minimum absolute atomic E-state index is 1.78. The third-order valence-corrected chi connectivity index (χ3v) is 0.894. The summed E-state index contributed by atoms with van der Waals surface area (Å²) < 4.78 is 44.6. The number of rotatable bonds is 2. The van der Waals surface area contributed by atoms with Gasteiger partial charge >= 0.3 is 28.1 Å². The Labute approximate surface area is 58.9 Å². The van der Waals surface area contributed by atoms with Crippen LogP contribution in [0.3, 0.4) is 0 Å². The van der Waals surface area contributed by atoms with Crippen molar-refractivity contribution in [1.29, 1.82) is 0 Å². The van der Waals surface area contributed by atoms with Gasteiger partial charge in [0.1, 0.15) is 0 Å². The molecule has 0 aromatic carbocycles. The van der Waals surface area contributed by atoms with Gasteiger partial charge in [-0.05, 0) is 0 Å². The predicted octanol–water partition coefficient (Wildman–Crippen LogP) is -1.81. The van der Waals surface area contributed by atoms with Crippen molar-refractivity contribution in [2.24, 2.45) is 0 Å². The molecule has 0 aliphatic carbocycles. The fraction of sp³-hybridized carbons (Fsp3) is 0. The van der Waals surface area contributed by atoms with Crippen molar-refractivity contribution in [2.45, 2.75) is 0 Å². The van der Waals surface area contributed by atoms with Crippen molar-refractivity contribution in [1.82, 2.24) is 0 Å². The molecule has 0 spiro atoms. The summed E-state index contributed by atoms with van der Waals surface area (Å²) in [6, 6.07) is 0. The second kappa shape index (κ2) is 4.06. The van der Waals surface area contributed by atoms with E-state index < -0.39 is 28.1 Å². The molecular formula is CH2O7S2. The van der Waals surface area contributed by atoms with E-state index in [-0.39, 0.29) is 0 Å². The number of carbonyl (C=O) groups excluding carboxylic acids is 1. The van der Waals surface area contributed by atoms with Crippen LogP contribution in [0.2, 0.25) is 0 Å². The molecule has 10 heavy (non-hydrogen) atoms. The topological polar surface area (TPSA) is 104 Å². The van der Waals surface area contributed by atoms with Crippen LogP contribution in [0, 0.1) is 0 Å². The summed E-state index contributed by atoms with van der Waals surface area (Å²) in [6.45, 7) is 0. The largest absolute Gasteiger partial charge is 0.540 e. The smallest absolute Gasteiger partial charge is 0.313 e. The summed E-state index contributed by atoms with van der Waals surface area (Å²) >= 11 is 0. The van der Waals surface area contributed by atoms with Crippen LogP contribution in [0.25, 0.3) is 0 Å².